The third kappa shape index (κ3) is 3.73. The SMILES string of the molecule is NC(=O)COCCNCC1CSc2ccccc21. The number of rotatable bonds is 7. The Morgan fingerprint density at radius 3 is 3.17 bits per heavy atom. The number of nitrogens with two attached hydrogens (primary N) is 1. The Labute approximate surface area is 111 Å². The topological polar surface area (TPSA) is 64.4 Å². The van der Waals surface area contributed by atoms with Gasteiger partial charge in [0.1, 0.15) is 6.61 Å². The summed E-state index contributed by atoms with van der Waals surface area (Å²) in [7, 11) is 0. The lowest BCUT2D eigenvalue weighted by Gasteiger charge is -2.11. The first-order valence-electron chi connectivity index (χ1n) is 6.06. The third-order valence-corrected chi connectivity index (χ3v) is 4.11. The quantitative estimate of drug-likeness (QED) is 0.722. The second kappa shape index (κ2) is 6.78. The van der Waals surface area contributed by atoms with Crippen molar-refractivity contribution in [2.45, 2.75) is 10.8 Å². The molecule has 18 heavy (non-hydrogen) atoms. The van der Waals surface area contributed by atoms with Gasteiger partial charge in [0, 0.05) is 29.7 Å². The zero-order valence-corrected chi connectivity index (χ0v) is 11.0. The summed E-state index contributed by atoms with van der Waals surface area (Å²) < 4.78 is 5.09. The van der Waals surface area contributed by atoms with Gasteiger partial charge in [0.25, 0.3) is 0 Å². The zero-order chi connectivity index (χ0) is 12.8. The molecule has 3 N–H and O–H groups in total. The molecule has 2 rings (SSSR count). The normalized spacial score (nSPS) is 17.7. The molecule has 1 unspecified atom stereocenters. The summed E-state index contributed by atoms with van der Waals surface area (Å²) in [6.45, 7) is 2.22. The summed E-state index contributed by atoms with van der Waals surface area (Å²) in [5, 5.41) is 3.35. The van der Waals surface area contributed by atoms with Crippen LogP contribution in [0.5, 0.6) is 0 Å². The number of thioether (sulfide) groups is 1. The van der Waals surface area contributed by atoms with Gasteiger partial charge < -0.3 is 15.8 Å². The Morgan fingerprint density at radius 2 is 2.33 bits per heavy atom. The molecule has 0 aliphatic carbocycles. The molecule has 1 aliphatic rings. The van der Waals surface area contributed by atoms with E-state index in [1.54, 1.807) is 0 Å². The number of carbonyl (C=O) groups is 1. The van der Waals surface area contributed by atoms with Crippen LogP contribution in [0.3, 0.4) is 0 Å². The first-order chi connectivity index (χ1) is 8.77. The van der Waals surface area contributed by atoms with Gasteiger partial charge >= 0.3 is 0 Å². The van der Waals surface area contributed by atoms with Crippen LogP contribution < -0.4 is 11.1 Å². The molecule has 0 spiro atoms. The maximum absolute atomic E-state index is 10.5. The van der Waals surface area contributed by atoms with Crippen molar-refractivity contribution in [1.29, 1.82) is 0 Å². The van der Waals surface area contributed by atoms with Gasteiger partial charge in [0.05, 0.1) is 6.61 Å². The molecule has 1 aliphatic heterocycles. The van der Waals surface area contributed by atoms with E-state index in [4.69, 9.17) is 10.5 Å². The predicted octanol–water partition coefficient (Wildman–Crippen LogP) is 0.967. The van der Waals surface area contributed by atoms with Gasteiger partial charge in [-0.3, -0.25) is 4.79 Å². The number of hydrogen-bond donors (Lipinski definition) is 2. The largest absolute Gasteiger partial charge is 0.370 e. The highest BCUT2D eigenvalue weighted by molar-refractivity contribution is 7.99. The maximum Gasteiger partial charge on any atom is 0.243 e. The van der Waals surface area contributed by atoms with Crippen LogP contribution in [0.15, 0.2) is 29.2 Å². The fourth-order valence-corrected chi connectivity index (χ4v) is 3.25. The number of primary amides is 1. The van der Waals surface area contributed by atoms with Crippen molar-refractivity contribution in [3.63, 3.8) is 0 Å². The number of nitrogens with one attached hydrogen (secondary N) is 1. The summed E-state index contributed by atoms with van der Waals surface area (Å²) in [5.74, 6) is 1.28. The lowest BCUT2D eigenvalue weighted by atomic mass is 10.0. The van der Waals surface area contributed by atoms with Gasteiger partial charge in [-0.25, -0.2) is 0 Å². The van der Waals surface area contributed by atoms with Crippen LogP contribution in [0, 0.1) is 0 Å². The molecule has 0 saturated carbocycles. The van der Waals surface area contributed by atoms with Gasteiger partial charge in [-0.1, -0.05) is 18.2 Å². The van der Waals surface area contributed by atoms with Crippen LogP contribution in [-0.4, -0.2) is 38.0 Å². The van der Waals surface area contributed by atoms with Crippen LogP contribution >= 0.6 is 11.8 Å². The molecule has 4 nitrogen and oxygen atoms in total. The molecule has 1 heterocycles. The summed E-state index contributed by atoms with van der Waals surface area (Å²) in [5.41, 5.74) is 6.41. The fourth-order valence-electron chi connectivity index (χ4n) is 1.99. The first kappa shape index (κ1) is 13.4. The second-order valence-electron chi connectivity index (χ2n) is 4.27. The Balaban J connectivity index is 1.65. The molecule has 1 amide bonds. The number of fused-ring (bicyclic) bond motifs is 1. The van der Waals surface area contributed by atoms with E-state index in [0.717, 1.165) is 18.8 Å². The van der Waals surface area contributed by atoms with E-state index in [2.05, 4.69) is 29.6 Å². The maximum atomic E-state index is 10.5. The lowest BCUT2D eigenvalue weighted by Crippen LogP contribution is -2.27. The van der Waals surface area contributed by atoms with Gasteiger partial charge in [0.2, 0.25) is 5.91 Å². The number of amides is 1. The summed E-state index contributed by atoms with van der Waals surface area (Å²) in [6.07, 6.45) is 0. The molecule has 1 atom stereocenters. The van der Waals surface area contributed by atoms with Crippen LogP contribution in [0.1, 0.15) is 11.5 Å². The average molecular weight is 266 g/mol. The number of benzene rings is 1. The van der Waals surface area contributed by atoms with E-state index in [-0.39, 0.29) is 6.61 Å². The molecule has 0 bridgehead atoms. The molecule has 0 aromatic heterocycles. The van der Waals surface area contributed by atoms with Crippen molar-refractivity contribution in [3.8, 4) is 0 Å². The van der Waals surface area contributed by atoms with Gasteiger partial charge in [-0.05, 0) is 11.6 Å². The van der Waals surface area contributed by atoms with Crippen molar-refractivity contribution < 1.29 is 9.53 Å². The Hall–Kier alpha value is -1.04. The van der Waals surface area contributed by atoms with E-state index < -0.39 is 5.91 Å². The van der Waals surface area contributed by atoms with Crippen LogP contribution in [0.2, 0.25) is 0 Å². The average Bonchev–Trinajstić information content (AvgIpc) is 2.77. The Bertz CT molecular complexity index is 412. The van der Waals surface area contributed by atoms with E-state index in [1.165, 1.54) is 10.5 Å². The van der Waals surface area contributed by atoms with Crippen molar-refractivity contribution in [3.05, 3.63) is 29.8 Å². The minimum atomic E-state index is -0.420. The molecular formula is C13H18N2O2S. The highest BCUT2D eigenvalue weighted by atomic mass is 32.2. The molecule has 5 heteroatoms. The molecule has 98 valence electrons. The van der Waals surface area contributed by atoms with E-state index in [0.29, 0.717) is 12.5 Å². The zero-order valence-electron chi connectivity index (χ0n) is 10.2. The minimum Gasteiger partial charge on any atom is -0.370 e. The molecular weight excluding hydrogens is 248 g/mol. The van der Waals surface area contributed by atoms with E-state index >= 15 is 0 Å². The van der Waals surface area contributed by atoms with Gasteiger partial charge in [-0.2, -0.15) is 0 Å². The summed E-state index contributed by atoms with van der Waals surface area (Å²) in [4.78, 5) is 11.8. The molecule has 0 saturated heterocycles. The van der Waals surface area contributed by atoms with Gasteiger partial charge in [0.15, 0.2) is 0 Å². The Kier molecular flexibility index (Phi) is 5.04. The summed E-state index contributed by atoms with van der Waals surface area (Å²) >= 11 is 1.92. The highest BCUT2D eigenvalue weighted by Gasteiger charge is 2.21. The van der Waals surface area contributed by atoms with Gasteiger partial charge in [-0.15, -0.1) is 11.8 Å². The molecule has 1 aromatic carbocycles. The lowest BCUT2D eigenvalue weighted by molar-refractivity contribution is -0.122. The number of carbonyl (C=O) groups excluding carboxylic acids is 1. The highest BCUT2D eigenvalue weighted by Crippen LogP contribution is 2.38. The summed E-state index contributed by atoms with van der Waals surface area (Å²) in [6, 6.07) is 8.55. The second-order valence-corrected chi connectivity index (χ2v) is 5.33. The van der Waals surface area contributed by atoms with Crippen molar-refractivity contribution in [2.75, 3.05) is 32.1 Å². The fraction of sp³-hybridized carbons (Fsp3) is 0.462. The van der Waals surface area contributed by atoms with Crippen molar-refractivity contribution in [2.24, 2.45) is 5.73 Å². The van der Waals surface area contributed by atoms with Crippen molar-refractivity contribution in [1.82, 2.24) is 5.32 Å². The van der Waals surface area contributed by atoms with Crippen LogP contribution in [-0.2, 0) is 9.53 Å². The number of ether oxygens (including phenoxy) is 1. The number of hydrogen-bond acceptors (Lipinski definition) is 4. The molecule has 0 radical (unpaired) electrons. The molecule has 1 aromatic rings. The Morgan fingerprint density at radius 1 is 1.50 bits per heavy atom. The molecule has 0 fully saturated rings. The van der Waals surface area contributed by atoms with E-state index in [9.17, 15) is 4.79 Å². The smallest absolute Gasteiger partial charge is 0.243 e. The predicted molar refractivity (Wildman–Crippen MR) is 72.8 cm³/mol. The first-order valence-corrected chi connectivity index (χ1v) is 7.04. The van der Waals surface area contributed by atoms with Crippen molar-refractivity contribution >= 4 is 17.7 Å². The van der Waals surface area contributed by atoms with Crippen LogP contribution in [0.25, 0.3) is 0 Å². The monoisotopic (exact) mass is 266 g/mol. The minimum absolute atomic E-state index is 0.00376. The third-order valence-electron chi connectivity index (χ3n) is 2.86. The standard InChI is InChI=1S/C13H18N2O2S/c14-13(16)8-17-6-5-15-7-10-9-18-12-4-2-1-3-11(10)12/h1-4,10,15H,5-9H2,(H2,14,16). The van der Waals surface area contributed by atoms with E-state index in [1.807, 2.05) is 11.8 Å². The van der Waals surface area contributed by atoms with Crippen LogP contribution in [0.4, 0.5) is 0 Å².